The highest BCUT2D eigenvalue weighted by atomic mass is 32.1. The number of carbonyl (C=O) groups excluding carboxylic acids is 3. The van der Waals surface area contributed by atoms with Crippen molar-refractivity contribution in [2.75, 3.05) is 4.90 Å². The second kappa shape index (κ2) is 8.67. The second-order valence-electron chi connectivity index (χ2n) is 7.08. The summed E-state index contributed by atoms with van der Waals surface area (Å²) in [5.41, 5.74) is -0.00676. The van der Waals surface area contributed by atoms with Gasteiger partial charge < -0.3 is 4.90 Å². The summed E-state index contributed by atoms with van der Waals surface area (Å²) < 4.78 is 13.3. The van der Waals surface area contributed by atoms with Crippen LogP contribution in [0, 0.1) is 15.9 Å². The van der Waals surface area contributed by atoms with Crippen molar-refractivity contribution in [3.8, 4) is 0 Å². The fourth-order valence-corrected chi connectivity index (χ4v) is 4.24. The first-order valence-electron chi connectivity index (χ1n) is 9.55. The van der Waals surface area contributed by atoms with E-state index in [2.05, 4.69) is 0 Å². The molecule has 0 saturated carbocycles. The smallest absolute Gasteiger partial charge is 0.270 e. The molecule has 0 radical (unpaired) electrons. The third-order valence-electron chi connectivity index (χ3n) is 5.05. The number of hydrogen-bond acceptors (Lipinski definition) is 6. The van der Waals surface area contributed by atoms with Crippen LogP contribution in [0.15, 0.2) is 66.0 Å². The molecular weight excluding hydrogens is 437 g/mol. The molecule has 1 saturated heterocycles. The van der Waals surface area contributed by atoms with Crippen LogP contribution < -0.4 is 4.90 Å². The van der Waals surface area contributed by atoms with Crippen molar-refractivity contribution in [3.05, 3.63) is 92.4 Å². The van der Waals surface area contributed by atoms with Crippen LogP contribution >= 0.6 is 11.3 Å². The van der Waals surface area contributed by atoms with Crippen molar-refractivity contribution in [3.63, 3.8) is 0 Å². The van der Waals surface area contributed by atoms with Crippen LogP contribution in [-0.4, -0.2) is 33.6 Å². The minimum atomic E-state index is -1.10. The van der Waals surface area contributed by atoms with E-state index in [9.17, 15) is 28.9 Å². The number of amides is 3. The van der Waals surface area contributed by atoms with E-state index < -0.39 is 34.5 Å². The van der Waals surface area contributed by atoms with Crippen LogP contribution in [0.4, 0.5) is 15.8 Å². The summed E-state index contributed by atoms with van der Waals surface area (Å²) in [6.07, 6.45) is -0.248. The van der Waals surface area contributed by atoms with Crippen molar-refractivity contribution >= 4 is 40.4 Å². The first kappa shape index (κ1) is 21.3. The molecule has 1 aliphatic heterocycles. The monoisotopic (exact) mass is 453 g/mol. The minimum absolute atomic E-state index is 0.0382. The Labute approximate surface area is 185 Å². The number of thiophene rings is 1. The highest BCUT2D eigenvalue weighted by molar-refractivity contribution is 7.09. The third-order valence-corrected chi connectivity index (χ3v) is 5.92. The van der Waals surface area contributed by atoms with Gasteiger partial charge >= 0.3 is 0 Å². The van der Waals surface area contributed by atoms with Gasteiger partial charge in [-0.3, -0.25) is 24.5 Å². The van der Waals surface area contributed by atoms with Crippen molar-refractivity contribution < 1.29 is 23.7 Å². The Morgan fingerprint density at radius 3 is 2.56 bits per heavy atom. The molecule has 1 unspecified atom stereocenters. The van der Waals surface area contributed by atoms with E-state index in [-0.39, 0.29) is 29.9 Å². The van der Waals surface area contributed by atoms with Crippen LogP contribution in [0.25, 0.3) is 0 Å². The average Bonchev–Trinajstić information content (AvgIpc) is 3.40. The Balaban J connectivity index is 1.69. The number of rotatable bonds is 6. The van der Waals surface area contributed by atoms with Crippen molar-refractivity contribution in [2.24, 2.45) is 0 Å². The van der Waals surface area contributed by atoms with E-state index in [1.54, 1.807) is 12.1 Å². The summed E-state index contributed by atoms with van der Waals surface area (Å²) >= 11 is 1.38. The second-order valence-corrected chi connectivity index (χ2v) is 8.12. The van der Waals surface area contributed by atoms with Gasteiger partial charge in [-0.1, -0.05) is 12.1 Å². The van der Waals surface area contributed by atoms with E-state index in [1.165, 1.54) is 46.6 Å². The van der Waals surface area contributed by atoms with E-state index >= 15 is 0 Å². The molecule has 1 aliphatic rings. The zero-order chi connectivity index (χ0) is 22.8. The van der Waals surface area contributed by atoms with Gasteiger partial charge in [-0.2, -0.15) is 0 Å². The quantitative estimate of drug-likeness (QED) is 0.321. The molecule has 1 aromatic heterocycles. The maximum atomic E-state index is 13.3. The van der Waals surface area contributed by atoms with E-state index in [0.29, 0.717) is 0 Å². The zero-order valence-corrected chi connectivity index (χ0v) is 17.3. The Kier molecular flexibility index (Phi) is 5.78. The van der Waals surface area contributed by atoms with E-state index in [1.807, 2.05) is 5.38 Å². The van der Waals surface area contributed by atoms with Gasteiger partial charge in [-0.05, 0) is 41.8 Å². The molecule has 2 heterocycles. The first-order chi connectivity index (χ1) is 15.3. The lowest BCUT2D eigenvalue weighted by atomic mass is 10.1. The SMILES string of the molecule is O=C1CC(N(Cc2cccs2)C(=O)c2cccc([N+](=O)[O-])c2)C(=O)N1c1ccc(F)cc1. The molecule has 3 amide bonds. The molecule has 0 bridgehead atoms. The Bertz CT molecular complexity index is 1200. The van der Waals surface area contributed by atoms with Gasteiger partial charge in [-0.15, -0.1) is 11.3 Å². The molecule has 3 aromatic rings. The molecule has 4 rings (SSSR count). The lowest BCUT2D eigenvalue weighted by molar-refractivity contribution is -0.384. The summed E-state index contributed by atoms with van der Waals surface area (Å²) in [5.74, 6) is -2.25. The summed E-state index contributed by atoms with van der Waals surface area (Å²) in [7, 11) is 0. The number of nitrogens with zero attached hydrogens (tertiary/aromatic N) is 3. The summed E-state index contributed by atoms with van der Waals surface area (Å²) in [6.45, 7) is 0.0557. The van der Waals surface area contributed by atoms with Crippen LogP contribution in [0.1, 0.15) is 21.7 Å². The van der Waals surface area contributed by atoms with E-state index in [4.69, 9.17) is 0 Å². The number of imide groups is 1. The maximum Gasteiger partial charge on any atom is 0.270 e. The number of hydrogen-bond donors (Lipinski definition) is 0. The van der Waals surface area contributed by atoms with Gasteiger partial charge in [0.1, 0.15) is 11.9 Å². The van der Waals surface area contributed by atoms with Gasteiger partial charge in [0.2, 0.25) is 5.91 Å². The largest absolute Gasteiger partial charge is 0.321 e. The number of anilines is 1. The van der Waals surface area contributed by atoms with Crippen LogP contribution in [0.3, 0.4) is 0 Å². The summed E-state index contributed by atoms with van der Waals surface area (Å²) in [5, 5.41) is 12.9. The Hall–Kier alpha value is -3.92. The standard InChI is InChI=1S/C22H16FN3O5S/c23-15-6-8-16(9-7-15)25-20(27)12-19(22(25)29)24(13-18-5-2-10-32-18)21(28)14-3-1-4-17(11-14)26(30)31/h1-11,19H,12-13H2. The molecule has 0 spiro atoms. The molecule has 162 valence electrons. The molecule has 0 aliphatic carbocycles. The normalized spacial score (nSPS) is 15.8. The molecule has 0 N–H and O–H groups in total. The van der Waals surface area contributed by atoms with Crippen molar-refractivity contribution in [1.82, 2.24) is 4.90 Å². The minimum Gasteiger partial charge on any atom is -0.321 e. The molecular formula is C22H16FN3O5S. The van der Waals surface area contributed by atoms with E-state index in [0.717, 1.165) is 28.0 Å². The van der Waals surface area contributed by atoms with Crippen LogP contribution in [0.2, 0.25) is 0 Å². The van der Waals surface area contributed by atoms with Gasteiger partial charge in [-0.25, -0.2) is 9.29 Å². The Morgan fingerprint density at radius 2 is 1.91 bits per heavy atom. The van der Waals surface area contributed by atoms with Gasteiger partial charge in [0.05, 0.1) is 23.6 Å². The maximum absolute atomic E-state index is 13.3. The molecule has 32 heavy (non-hydrogen) atoms. The summed E-state index contributed by atoms with van der Waals surface area (Å²) in [4.78, 5) is 52.7. The number of nitro benzene ring substituents is 1. The Morgan fingerprint density at radius 1 is 1.16 bits per heavy atom. The highest BCUT2D eigenvalue weighted by Gasteiger charge is 2.44. The average molecular weight is 453 g/mol. The van der Waals surface area contributed by atoms with Gasteiger partial charge in [0.15, 0.2) is 0 Å². The predicted molar refractivity (Wildman–Crippen MR) is 115 cm³/mol. The van der Waals surface area contributed by atoms with Crippen LogP contribution in [0.5, 0.6) is 0 Å². The number of halogens is 1. The summed E-state index contributed by atoms with van der Waals surface area (Å²) in [6, 6.07) is 12.6. The molecule has 1 fully saturated rings. The number of benzene rings is 2. The van der Waals surface area contributed by atoms with Gasteiger partial charge in [0.25, 0.3) is 17.5 Å². The lowest BCUT2D eigenvalue weighted by Gasteiger charge is -2.27. The van der Waals surface area contributed by atoms with Crippen LogP contribution in [-0.2, 0) is 16.1 Å². The highest BCUT2D eigenvalue weighted by Crippen LogP contribution is 2.29. The molecule has 10 heteroatoms. The zero-order valence-electron chi connectivity index (χ0n) is 16.5. The predicted octanol–water partition coefficient (Wildman–Crippen LogP) is 3.77. The number of non-ortho nitro benzene ring substituents is 1. The fourth-order valence-electron chi connectivity index (χ4n) is 3.53. The molecule has 8 nitrogen and oxygen atoms in total. The van der Waals surface area contributed by atoms with Crippen molar-refractivity contribution in [1.29, 1.82) is 0 Å². The first-order valence-corrected chi connectivity index (χ1v) is 10.4. The lowest BCUT2D eigenvalue weighted by Crippen LogP contribution is -2.45. The van der Waals surface area contributed by atoms with Gasteiger partial charge in [0, 0.05) is 22.6 Å². The molecule has 2 aromatic carbocycles. The topological polar surface area (TPSA) is 101 Å². The van der Waals surface area contributed by atoms with Crippen molar-refractivity contribution in [2.45, 2.75) is 19.0 Å². The number of carbonyl (C=O) groups is 3. The molecule has 1 atom stereocenters. The fraction of sp³-hybridized carbons (Fsp3) is 0.136. The third kappa shape index (κ3) is 4.12. The number of nitro groups is 1.